The third-order valence-corrected chi connectivity index (χ3v) is 1.48. The van der Waals surface area contributed by atoms with Gasteiger partial charge in [0, 0.05) is 6.42 Å². The van der Waals surface area contributed by atoms with Crippen molar-refractivity contribution in [2.45, 2.75) is 19.8 Å². The summed E-state index contributed by atoms with van der Waals surface area (Å²) in [4.78, 5) is 10.9. The molecule has 48 valence electrons. The van der Waals surface area contributed by atoms with E-state index in [-0.39, 0.29) is 5.78 Å². The number of rotatable bonds is 1. The average molecular weight is 122 g/mol. The third kappa shape index (κ3) is 1.28. The zero-order valence-electron chi connectivity index (χ0n) is 5.55. The largest absolute Gasteiger partial charge is 0.294 e. The van der Waals surface area contributed by atoms with Crippen LogP contribution in [0.5, 0.6) is 0 Å². The molecule has 1 nitrogen and oxygen atoms in total. The summed E-state index contributed by atoms with van der Waals surface area (Å²) in [6, 6.07) is 0. The number of hydrogen-bond acceptors (Lipinski definition) is 1. The molecule has 0 aromatic rings. The summed E-state index contributed by atoms with van der Waals surface area (Å²) in [6.07, 6.45) is 7.19. The van der Waals surface area contributed by atoms with Crippen molar-refractivity contribution in [2.75, 3.05) is 0 Å². The first kappa shape index (κ1) is 6.27. The van der Waals surface area contributed by atoms with Crippen molar-refractivity contribution in [3.8, 4) is 0 Å². The Bertz CT molecular complexity index is 175. The van der Waals surface area contributed by atoms with Crippen LogP contribution < -0.4 is 0 Å². The SMILES string of the molecule is CCC1=CC=CCC1=O. The number of allylic oxidation sites excluding steroid dienone is 4. The second-order valence-corrected chi connectivity index (χ2v) is 2.10. The van der Waals surface area contributed by atoms with Gasteiger partial charge in [0.2, 0.25) is 0 Å². The van der Waals surface area contributed by atoms with Gasteiger partial charge in [-0.1, -0.05) is 25.2 Å². The minimum absolute atomic E-state index is 0.278. The molecule has 1 heteroatoms. The van der Waals surface area contributed by atoms with Crippen molar-refractivity contribution in [1.29, 1.82) is 0 Å². The van der Waals surface area contributed by atoms with Crippen molar-refractivity contribution in [2.24, 2.45) is 0 Å². The molecule has 0 atom stereocenters. The van der Waals surface area contributed by atoms with Gasteiger partial charge < -0.3 is 0 Å². The summed E-state index contributed by atoms with van der Waals surface area (Å²) in [5, 5.41) is 0. The minimum atomic E-state index is 0.278. The lowest BCUT2D eigenvalue weighted by Crippen LogP contribution is -2.01. The van der Waals surface area contributed by atoms with Crippen LogP contribution in [0.2, 0.25) is 0 Å². The highest BCUT2D eigenvalue weighted by molar-refractivity contribution is 5.97. The molecule has 0 fully saturated rings. The first-order valence-corrected chi connectivity index (χ1v) is 3.23. The van der Waals surface area contributed by atoms with E-state index in [4.69, 9.17) is 0 Å². The van der Waals surface area contributed by atoms with Gasteiger partial charge in [0.1, 0.15) is 0 Å². The van der Waals surface area contributed by atoms with E-state index >= 15 is 0 Å². The highest BCUT2D eigenvalue weighted by Gasteiger charge is 2.06. The number of carbonyl (C=O) groups excluding carboxylic acids is 1. The van der Waals surface area contributed by atoms with E-state index in [1.807, 2.05) is 25.2 Å². The first-order chi connectivity index (χ1) is 4.34. The molecule has 0 aliphatic heterocycles. The van der Waals surface area contributed by atoms with E-state index in [1.54, 1.807) is 0 Å². The first-order valence-electron chi connectivity index (χ1n) is 3.23. The van der Waals surface area contributed by atoms with Crippen molar-refractivity contribution < 1.29 is 4.79 Å². The summed E-state index contributed by atoms with van der Waals surface area (Å²) >= 11 is 0. The topological polar surface area (TPSA) is 17.1 Å². The van der Waals surface area contributed by atoms with Crippen LogP contribution in [-0.2, 0) is 4.79 Å². The molecule has 1 aliphatic carbocycles. The minimum Gasteiger partial charge on any atom is -0.294 e. The number of hydrogen-bond donors (Lipinski definition) is 0. The molecule has 0 unspecified atom stereocenters. The normalized spacial score (nSPS) is 17.9. The van der Waals surface area contributed by atoms with E-state index in [0.29, 0.717) is 6.42 Å². The molecule has 0 amide bonds. The van der Waals surface area contributed by atoms with Gasteiger partial charge in [-0.25, -0.2) is 0 Å². The molecule has 1 aliphatic rings. The molecule has 0 saturated carbocycles. The van der Waals surface area contributed by atoms with Gasteiger partial charge in [-0.05, 0) is 12.0 Å². The Hall–Kier alpha value is -0.850. The Balaban J connectivity index is 2.74. The molecule has 0 aromatic heterocycles. The molecule has 0 spiro atoms. The fourth-order valence-electron chi connectivity index (χ4n) is 0.898. The van der Waals surface area contributed by atoms with Gasteiger partial charge in [-0.15, -0.1) is 0 Å². The van der Waals surface area contributed by atoms with Crippen molar-refractivity contribution in [3.05, 3.63) is 23.8 Å². The smallest absolute Gasteiger partial charge is 0.162 e. The van der Waals surface area contributed by atoms with Crippen LogP contribution in [0, 0.1) is 0 Å². The Morgan fingerprint density at radius 3 is 2.89 bits per heavy atom. The molecular weight excluding hydrogens is 112 g/mol. The van der Waals surface area contributed by atoms with E-state index in [9.17, 15) is 4.79 Å². The molecule has 0 aromatic carbocycles. The van der Waals surface area contributed by atoms with E-state index in [1.165, 1.54) is 0 Å². The van der Waals surface area contributed by atoms with Crippen molar-refractivity contribution >= 4 is 5.78 Å². The number of Topliss-reactive ketones (excluding diaryl/α,β-unsaturated/α-hetero) is 1. The second-order valence-electron chi connectivity index (χ2n) is 2.10. The summed E-state index contributed by atoms with van der Waals surface area (Å²) in [5.41, 5.74) is 0.956. The standard InChI is InChI=1S/C8H10O/c1-2-7-5-3-4-6-8(7)9/h3-5H,2,6H2,1H3. The lowest BCUT2D eigenvalue weighted by atomic mass is 10.0. The van der Waals surface area contributed by atoms with Gasteiger partial charge in [0.25, 0.3) is 0 Å². The zero-order chi connectivity index (χ0) is 6.69. The molecule has 9 heavy (non-hydrogen) atoms. The predicted molar refractivity (Wildman–Crippen MR) is 37.1 cm³/mol. The molecule has 0 heterocycles. The summed E-state index contributed by atoms with van der Waals surface area (Å²) in [7, 11) is 0. The summed E-state index contributed by atoms with van der Waals surface area (Å²) in [5.74, 6) is 0.278. The highest BCUT2D eigenvalue weighted by Crippen LogP contribution is 2.10. The molecule has 1 rings (SSSR count). The number of ketones is 1. The van der Waals surface area contributed by atoms with Crippen LogP contribution in [0.25, 0.3) is 0 Å². The Labute approximate surface area is 55.1 Å². The Morgan fingerprint density at radius 2 is 2.44 bits per heavy atom. The van der Waals surface area contributed by atoms with Gasteiger partial charge in [0.05, 0.1) is 0 Å². The molecule has 0 bridgehead atoms. The van der Waals surface area contributed by atoms with Gasteiger partial charge >= 0.3 is 0 Å². The lowest BCUT2D eigenvalue weighted by Gasteiger charge is -2.02. The Kier molecular flexibility index (Phi) is 1.83. The van der Waals surface area contributed by atoms with Crippen LogP contribution in [0.1, 0.15) is 19.8 Å². The fraction of sp³-hybridized carbons (Fsp3) is 0.375. The van der Waals surface area contributed by atoms with Gasteiger partial charge in [-0.3, -0.25) is 4.79 Å². The van der Waals surface area contributed by atoms with Crippen LogP contribution >= 0.6 is 0 Å². The summed E-state index contributed by atoms with van der Waals surface area (Å²) in [6.45, 7) is 2.00. The van der Waals surface area contributed by atoms with E-state index < -0.39 is 0 Å². The molecular formula is C8H10O. The van der Waals surface area contributed by atoms with Crippen molar-refractivity contribution in [1.82, 2.24) is 0 Å². The predicted octanol–water partition coefficient (Wildman–Crippen LogP) is 1.85. The second kappa shape index (κ2) is 2.62. The molecule has 0 saturated heterocycles. The number of carbonyl (C=O) groups is 1. The highest BCUT2D eigenvalue weighted by atomic mass is 16.1. The van der Waals surface area contributed by atoms with Crippen LogP contribution in [-0.4, -0.2) is 5.78 Å². The lowest BCUT2D eigenvalue weighted by molar-refractivity contribution is -0.115. The van der Waals surface area contributed by atoms with E-state index in [0.717, 1.165) is 12.0 Å². The quantitative estimate of drug-likeness (QED) is 0.518. The molecule has 0 radical (unpaired) electrons. The Morgan fingerprint density at radius 1 is 1.67 bits per heavy atom. The monoisotopic (exact) mass is 122 g/mol. The maximum atomic E-state index is 10.9. The van der Waals surface area contributed by atoms with E-state index in [2.05, 4.69) is 0 Å². The summed E-state index contributed by atoms with van der Waals surface area (Å²) < 4.78 is 0. The average Bonchev–Trinajstić information content (AvgIpc) is 1.89. The van der Waals surface area contributed by atoms with Gasteiger partial charge in [-0.2, -0.15) is 0 Å². The van der Waals surface area contributed by atoms with Gasteiger partial charge in [0.15, 0.2) is 5.78 Å². The maximum Gasteiger partial charge on any atom is 0.162 e. The fourth-order valence-corrected chi connectivity index (χ4v) is 0.898. The van der Waals surface area contributed by atoms with Crippen LogP contribution in [0.15, 0.2) is 23.8 Å². The van der Waals surface area contributed by atoms with Crippen LogP contribution in [0.3, 0.4) is 0 Å². The van der Waals surface area contributed by atoms with Crippen molar-refractivity contribution in [3.63, 3.8) is 0 Å². The zero-order valence-corrected chi connectivity index (χ0v) is 5.55. The maximum absolute atomic E-state index is 10.9. The molecule has 0 N–H and O–H groups in total. The van der Waals surface area contributed by atoms with Crippen LogP contribution in [0.4, 0.5) is 0 Å². The third-order valence-electron chi connectivity index (χ3n) is 1.48.